The Morgan fingerprint density at radius 2 is 1.76 bits per heavy atom. The number of hydrogen-bond acceptors (Lipinski definition) is 6. The van der Waals surface area contributed by atoms with E-state index in [2.05, 4.69) is 0 Å². The Bertz CT molecular complexity index is 1260. The minimum atomic E-state index is -3.49. The molecule has 0 atom stereocenters. The lowest BCUT2D eigenvalue weighted by atomic mass is 9.95. The summed E-state index contributed by atoms with van der Waals surface area (Å²) < 4.78 is 44.3. The molecule has 2 aliphatic heterocycles. The summed E-state index contributed by atoms with van der Waals surface area (Å²) in [7, 11) is -3.49. The number of sulfone groups is 1. The Morgan fingerprint density at radius 3 is 2.35 bits per heavy atom. The van der Waals surface area contributed by atoms with Crippen LogP contribution in [-0.2, 0) is 14.6 Å². The fourth-order valence-corrected chi connectivity index (χ4v) is 4.93. The molecule has 0 aromatic heterocycles. The largest absolute Gasteiger partial charge is 0.377 e. The van der Waals surface area contributed by atoms with Gasteiger partial charge in [0.15, 0.2) is 15.6 Å². The molecule has 180 valence electrons. The molecule has 7 nitrogen and oxygen atoms in total. The Morgan fingerprint density at radius 1 is 1.03 bits per heavy atom. The van der Waals surface area contributed by atoms with Gasteiger partial charge in [0.1, 0.15) is 5.82 Å². The van der Waals surface area contributed by atoms with E-state index in [1.54, 1.807) is 23.1 Å². The van der Waals surface area contributed by atoms with Crippen LogP contribution in [0.3, 0.4) is 0 Å². The van der Waals surface area contributed by atoms with Gasteiger partial charge < -0.3 is 14.5 Å². The first-order valence-corrected chi connectivity index (χ1v) is 13.0. The van der Waals surface area contributed by atoms with Crippen molar-refractivity contribution in [1.82, 2.24) is 4.90 Å². The molecule has 2 aliphatic rings. The second-order valence-electron chi connectivity index (χ2n) is 8.54. The Labute approximate surface area is 198 Å². The van der Waals surface area contributed by atoms with Crippen molar-refractivity contribution in [2.45, 2.75) is 18.2 Å². The molecule has 0 aliphatic carbocycles. The van der Waals surface area contributed by atoms with Crippen molar-refractivity contribution in [3.8, 4) is 0 Å². The summed E-state index contributed by atoms with van der Waals surface area (Å²) in [4.78, 5) is 28.6. The fraction of sp³-hybridized carbons (Fsp3) is 0.360. The number of hydrogen-bond donors (Lipinski definition) is 0. The van der Waals surface area contributed by atoms with Crippen LogP contribution in [0, 0.1) is 5.82 Å². The molecule has 2 aromatic rings. The number of carbonyl (C=O) groups is 2. The molecule has 4 rings (SSSR count). The van der Waals surface area contributed by atoms with E-state index >= 15 is 0 Å². The number of benzene rings is 2. The highest BCUT2D eigenvalue weighted by Crippen LogP contribution is 2.29. The third-order valence-electron chi connectivity index (χ3n) is 6.22. The molecule has 1 fully saturated rings. The van der Waals surface area contributed by atoms with Gasteiger partial charge in [-0.15, -0.1) is 0 Å². The summed E-state index contributed by atoms with van der Waals surface area (Å²) in [6.07, 6.45) is 3.68. The number of nitrogens with zero attached hydrogens (tertiary/aromatic N) is 2. The molecule has 0 unspecified atom stereocenters. The smallest absolute Gasteiger partial charge is 0.254 e. The lowest BCUT2D eigenvalue weighted by Gasteiger charge is -2.36. The van der Waals surface area contributed by atoms with E-state index in [1.807, 2.05) is 11.0 Å². The second-order valence-corrected chi connectivity index (χ2v) is 10.6. The summed E-state index contributed by atoms with van der Waals surface area (Å²) in [5.41, 5.74) is 2.73. The van der Waals surface area contributed by atoms with Crippen LogP contribution in [-0.4, -0.2) is 70.7 Å². The molecule has 0 spiro atoms. The minimum absolute atomic E-state index is 0.0959. The van der Waals surface area contributed by atoms with Gasteiger partial charge in [0.2, 0.25) is 0 Å². The molecule has 9 heteroatoms. The monoisotopic (exact) mass is 486 g/mol. The third kappa shape index (κ3) is 5.05. The van der Waals surface area contributed by atoms with E-state index in [0.29, 0.717) is 68.2 Å². The molecular formula is C25H27FN2O5S. The van der Waals surface area contributed by atoms with Crippen molar-refractivity contribution in [2.75, 3.05) is 50.5 Å². The maximum absolute atomic E-state index is 14.6. The molecule has 1 amide bonds. The molecule has 1 saturated heterocycles. The van der Waals surface area contributed by atoms with Gasteiger partial charge in [-0.25, -0.2) is 12.8 Å². The first kappa shape index (κ1) is 24.1. The van der Waals surface area contributed by atoms with Crippen molar-refractivity contribution in [3.63, 3.8) is 0 Å². The number of Topliss-reactive ketones (excluding diaryl/α,β-unsaturated/α-hetero) is 1. The number of ether oxygens (including phenoxy) is 1. The summed E-state index contributed by atoms with van der Waals surface area (Å²) in [6.45, 7) is 3.93. The van der Waals surface area contributed by atoms with Crippen LogP contribution in [0.1, 0.15) is 39.6 Å². The lowest BCUT2D eigenvalue weighted by Crippen LogP contribution is -2.49. The highest BCUT2D eigenvalue weighted by Gasteiger charge is 2.27. The van der Waals surface area contributed by atoms with Crippen LogP contribution < -0.4 is 4.90 Å². The summed E-state index contributed by atoms with van der Waals surface area (Å²) in [5, 5.41) is 0. The van der Waals surface area contributed by atoms with Crippen molar-refractivity contribution in [1.29, 1.82) is 0 Å². The van der Waals surface area contributed by atoms with Crippen molar-refractivity contribution < 1.29 is 27.1 Å². The normalized spacial score (nSPS) is 16.9. The van der Waals surface area contributed by atoms with Crippen LogP contribution in [0.4, 0.5) is 10.1 Å². The zero-order valence-corrected chi connectivity index (χ0v) is 20.0. The maximum Gasteiger partial charge on any atom is 0.254 e. The van der Waals surface area contributed by atoms with Crippen molar-refractivity contribution >= 4 is 32.8 Å². The van der Waals surface area contributed by atoms with E-state index < -0.39 is 15.7 Å². The molecule has 0 bridgehead atoms. The van der Waals surface area contributed by atoms with E-state index in [1.165, 1.54) is 25.1 Å². The SMILES string of the molecule is CC(=O)c1ccc(N2CCN(C(=O)c3cc(S(C)(=O)=O)ccc3C3=CCOCC3)CC2)c(F)c1. The standard InChI is InChI=1S/C25H27FN2O5S/c1-17(29)19-3-6-24(23(26)15-19)27-9-11-28(12-10-27)25(30)22-16-20(34(2,31)32)4-5-21(22)18-7-13-33-14-8-18/h3-7,15-16H,8-14H2,1-2H3. The van der Waals surface area contributed by atoms with Crippen molar-refractivity contribution in [2.24, 2.45) is 0 Å². The second kappa shape index (κ2) is 9.68. The third-order valence-corrected chi connectivity index (χ3v) is 7.33. The number of amides is 1. The number of anilines is 1. The highest BCUT2D eigenvalue weighted by atomic mass is 32.2. The van der Waals surface area contributed by atoms with Crippen LogP contribution in [0.15, 0.2) is 47.4 Å². The first-order chi connectivity index (χ1) is 16.1. The van der Waals surface area contributed by atoms with Crippen LogP contribution in [0.2, 0.25) is 0 Å². The number of ketones is 1. The van der Waals surface area contributed by atoms with Gasteiger partial charge in [0, 0.05) is 43.6 Å². The minimum Gasteiger partial charge on any atom is -0.377 e. The predicted octanol–water partition coefficient (Wildman–Crippen LogP) is 3.20. The van der Waals surface area contributed by atoms with Gasteiger partial charge in [-0.05, 0) is 54.8 Å². The topological polar surface area (TPSA) is 84.0 Å². The number of carbonyl (C=O) groups excluding carboxylic acids is 2. The van der Waals surface area contributed by atoms with Crippen LogP contribution in [0.25, 0.3) is 5.57 Å². The predicted molar refractivity (Wildman–Crippen MR) is 127 cm³/mol. The number of rotatable bonds is 5. The van der Waals surface area contributed by atoms with Crippen LogP contribution >= 0.6 is 0 Å². The molecule has 34 heavy (non-hydrogen) atoms. The number of halogens is 1. The Hall–Kier alpha value is -3.04. The maximum atomic E-state index is 14.6. The van der Waals surface area contributed by atoms with Gasteiger partial charge in [-0.1, -0.05) is 12.1 Å². The average Bonchev–Trinajstić information content (AvgIpc) is 2.83. The van der Waals surface area contributed by atoms with E-state index in [0.717, 1.165) is 11.8 Å². The lowest BCUT2D eigenvalue weighted by molar-refractivity contribution is 0.0745. The first-order valence-electron chi connectivity index (χ1n) is 11.1. The van der Waals surface area contributed by atoms with Gasteiger partial charge >= 0.3 is 0 Å². The van der Waals surface area contributed by atoms with E-state index in [4.69, 9.17) is 4.74 Å². The average molecular weight is 487 g/mol. The van der Waals surface area contributed by atoms with E-state index in [9.17, 15) is 22.4 Å². The molecule has 0 radical (unpaired) electrons. The summed E-state index contributed by atoms with van der Waals surface area (Å²) in [6, 6.07) is 9.11. The van der Waals surface area contributed by atoms with Gasteiger partial charge in [-0.3, -0.25) is 9.59 Å². The van der Waals surface area contributed by atoms with E-state index in [-0.39, 0.29) is 16.6 Å². The quantitative estimate of drug-likeness (QED) is 0.604. The molecular weight excluding hydrogens is 459 g/mol. The Balaban J connectivity index is 1.57. The van der Waals surface area contributed by atoms with Crippen molar-refractivity contribution in [3.05, 3.63) is 65.0 Å². The summed E-state index contributed by atoms with van der Waals surface area (Å²) >= 11 is 0. The summed E-state index contributed by atoms with van der Waals surface area (Å²) in [5.74, 6) is -0.922. The molecule has 0 saturated carbocycles. The highest BCUT2D eigenvalue weighted by molar-refractivity contribution is 7.90. The molecule has 2 heterocycles. The van der Waals surface area contributed by atoms with Gasteiger partial charge in [0.25, 0.3) is 5.91 Å². The molecule has 2 aromatic carbocycles. The fourth-order valence-electron chi connectivity index (χ4n) is 4.29. The number of piperazine rings is 1. The molecule has 0 N–H and O–H groups in total. The Kier molecular flexibility index (Phi) is 6.86. The zero-order chi connectivity index (χ0) is 24.5. The van der Waals surface area contributed by atoms with Crippen LogP contribution in [0.5, 0.6) is 0 Å². The zero-order valence-electron chi connectivity index (χ0n) is 19.2. The van der Waals surface area contributed by atoms with Gasteiger partial charge in [-0.2, -0.15) is 0 Å². The van der Waals surface area contributed by atoms with Gasteiger partial charge in [0.05, 0.1) is 23.8 Å².